The van der Waals surface area contributed by atoms with Crippen LogP contribution in [0.15, 0.2) is 66.7 Å². The summed E-state index contributed by atoms with van der Waals surface area (Å²) in [6.07, 6.45) is -3.91. The molecule has 0 fully saturated rings. The van der Waals surface area contributed by atoms with Gasteiger partial charge in [-0.05, 0) is 23.8 Å². The standard InChI is InChI=1S/C18H14F4O2/c19-15-9-4-6-13(12-15)16(23)10-5-11-17(24,18(20,21)22)14-7-2-1-3-8-14/h1-10,12,24H,11H2/b10-5+/t17-/m0/s1. The van der Waals surface area contributed by atoms with E-state index in [0.717, 1.165) is 36.4 Å². The van der Waals surface area contributed by atoms with Crippen LogP contribution in [-0.2, 0) is 5.60 Å². The Morgan fingerprint density at radius 1 is 1.04 bits per heavy atom. The van der Waals surface area contributed by atoms with Crippen molar-refractivity contribution in [1.82, 2.24) is 0 Å². The maximum Gasteiger partial charge on any atom is 0.421 e. The largest absolute Gasteiger partial charge is 0.421 e. The number of aliphatic hydroxyl groups is 1. The smallest absolute Gasteiger partial charge is 0.376 e. The molecule has 0 bridgehead atoms. The van der Waals surface area contributed by atoms with E-state index in [0.29, 0.717) is 0 Å². The fourth-order valence-corrected chi connectivity index (χ4v) is 2.19. The lowest BCUT2D eigenvalue weighted by molar-refractivity contribution is -0.265. The summed E-state index contributed by atoms with van der Waals surface area (Å²) in [6, 6.07) is 11.4. The first kappa shape index (κ1) is 17.9. The van der Waals surface area contributed by atoms with Gasteiger partial charge in [0.25, 0.3) is 0 Å². The van der Waals surface area contributed by atoms with Crippen molar-refractivity contribution in [3.8, 4) is 0 Å². The van der Waals surface area contributed by atoms with Crippen molar-refractivity contribution in [2.75, 3.05) is 0 Å². The summed E-state index contributed by atoms with van der Waals surface area (Å²) in [7, 11) is 0. The zero-order chi connectivity index (χ0) is 17.8. The maximum absolute atomic E-state index is 13.3. The molecule has 0 unspecified atom stereocenters. The van der Waals surface area contributed by atoms with E-state index in [1.807, 2.05) is 0 Å². The third kappa shape index (κ3) is 3.89. The second kappa shape index (κ2) is 6.97. The fourth-order valence-electron chi connectivity index (χ4n) is 2.19. The molecule has 0 saturated carbocycles. The molecule has 24 heavy (non-hydrogen) atoms. The summed E-state index contributed by atoms with van der Waals surface area (Å²) < 4.78 is 52.9. The normalized spacial score (nSPS) is 14.5. The first-order valence-electron chi connectivity index (χ1n) is 7.05. The molecule has 0 aromatic heterocycles. The third-order valence-electron chi connectivity index (χ3n) is 3.51. The number of carbonyl (C=O) groups excluding carboxylic acids is 1. The molecule has 0 aliphatic rings. The molecule has 0 aliphatic heterocycles. The Kier molecular flexibility index (Phi) is 5.19. The highest BCUT2D eigenvalue weighted by molar-refractivity contribution is 6.04. The van der Waals surface area contributed by atoms with Gasteiger partial charge >= 0.3 is 6.18 Å². The van der Waals surface area contributed by atoms with Crippen molar-refractivity contribution < 1.29 is 27.5 Å². The summed E-state index contributed by atoms with van der Waals surface area (Å²) >= 11 is 0. The average Bonchev–Trinajstić information content (AvgIpc) is 2.54. The molecule has 0 spiro atoms. The fraction of sp³-hybridized carbons (Fsp3) is 0.167. The van der Waals surface area contributed by atoms with Crippen molar-refractivity contribution in [3.63, 3.8) is 0 Å². The number of halogens is 4. The topological polar surface area (TPSA) is 37.3 Å². The molecule has 2 nitrogen and oxygen atoms in total. The number of benzene rings is 2. The van der Waals surface area contributed by atoms with Crippen LogP contribution >= 0.6 is 0 Å². The molecule has 2 aromatic rings. The van der Waals surface area contributed by atoms with E-state index < -0.39 is 29.8 Å². The zero-order valence-corrected chi connectivity index (χ0v) is 12.4. The quantitative estimate of drug-likeness (QED) is 0.498. The lowest BCUT2D eigenvalue weighted by atomic mass is 9.89. The minimum absolute atomic E-state index is 0.0153. The predicted molar refractivity (Wildman–Crippen MR) is 80.9 cm³/mol. The van der Waals surface area contributed by atoms with Crippen LogP contribution in [0.1, 0.15) is 22.3 Å². The Hall–Kier alpha value is -2.47. The van der Waals surface area contributed by atoms with Crippen LogP contribution in [0.5, 0.6) is 0 Å². The molecule has 0 amide bonds. The number of hydrogen-bond donors (Lipinski definition) is 1. The van der Waals surface area contributed by atoms with E-state index in [2.05, 4.69) is 0 Å². The number of carbonyl (C=O) groups is 1. The summed E-state index contributed by atoms with van der Waals surface area (Å²) in [6.45, 7) is 0. The first-order valence-corrected chi connectivity index (χ1v) is 7.05. The van der Waals surface area contributed by atoms with E-state index in [1.165, 1.54) is 30.3 Å². The van der Waals surface area contributed by atoms with Crippen molar-refractivity contribution in [2.45, 2.75) is 18.2 Å². The van der Waals surface area contributed by atoms with Gasteiger partial charge in [-0.25, -0.2) is 4.39 Å². The number of alkyl halides is 3. The zero-order valence-electron chi connectivity index (χ0n) is 12.4. The summed E-state index contributed by atoms with van der Waals surface area (Å²) in [5, 5.41) is 10.1. The van der Waals surface area contributed by atoms with Crippen molar-refractivity contribution in [1.29, 1.82) is 0 Å². The molecular weight excluding hydrogens is 324 g/mol. The molecule has 0 heterocycles. The molecule has 6 heteroatoms. The minimum Gasteiger partial charge on any atom is -0.376 e. The highest BCUT2D eigenvalue weighted by Crippen LogP contribution is 2.41. The van der Waals surface area contributed by atoms with Gasteiger partial charge in [0.05, 0.1) is 0 Å². The molecule has 0 aliphatic carbocycles. The van der Waals surface area contributed by atoms with Crippen molar-refractivity contribution in [3.05, 3.63) is 83.7 Å². The highest BCUT2D eigenvalue weighted by Gasteiger charge is 2.53. The molecule has 2 aromatic carbocycles. The molecule has 126 valence electrons. The second-order valence-electron chi connectivity index (χ2n) is 5.21. The summed E-state index contributed by atoms with van der Waals surface area (Å²) in [4.78, 5) is 11.9. The third-order valence-corrected chi connectivity index (χ3v) is 3.51. The van der Waals surface area contributed by atoms with Gasteiger partial charge in [0.1, 0.15) is 5.82 Å². The van der Waals surface area contributed by atoms with Gasteiger partial charge in [-0.1, -0.05) is 48.5 Å². The Morgan fingerprint density at radius 2 is 1.71 bits per heavy atom. The monoisotopic (exact) mass is 338 g/mol. The lowest BCUT2D eigenvalue weighted by Crippen LogP contribution is -2.41. The van der Waals surface area contributed by atoms with Crippen LogP contribution in [0, 0.1) is 5.82 Å². The van der Waals surface area contributed by atoms with Gasteiger partial charge in [0.15, 0.2) is 11.4 Å². The van der Waals surface area contributed by atoms with Crippen LogP contribution in [0.3, 0.4) is 0 Å². The van der Waals surface area contributed by atoms with Gasteiger partial charge in [0, 0.05) is 12.0 Å². The van der Waals surface area contributed by atoms with Gasteiger partial charge < -0.3 is 5.11 Å². The van der Waals surface area contributed by atoms with E-state index in [9.17, 15) is 27.5 Å². The van der Waals surface area contributed by atoms with Crippen LogP contribution in [0.4, 0.5) is 17.6 Å². The molecule has 1 atom stereocenters. The first-order chi connectivity index (χ1) is 11.2. The van der Waals surface area contributed by atoms with Gasteiger partial charge in [-0.3, -0.25) is 4.79 Å². The van der Waals surface area contributed by atoms with Crippen molar-refractivity contribution >= 4 is 5.78 Å². The Bertz CT molecular complexity index is 738. The number of ketones is 1. The minimum atomic E-state index is -4.92. The second-order valence-corrected chi connectivity index (χ2v) is 5.21. The Morgan fingerprint density at radius 3 is 2.29 bits per heavy atom. The lowest BCUT2D eigenvalue weighted by Gasteiger charge is -2.30. The Labute approximate surface area is 136 Å². The molecule has 0 radical (unpaired) electrons. The average molecular weight is 338 g/mol. The SMILES string of the molecule is O=C(/C=C/C[C@](O)(c1ccccc1)C(F)(F)F)c1cccc(F)c1. The van der Waals surface area contributed by atoms with Crippen molar-refractivity contribution in [2.24, 2.45) is 0 Å². The van der Waals surface area contributed by atoms with E-state index >= 15 is 0 Å². The van der Waals surface area contributed by atoms with Crippen LogP contribution in [0.2, 0.25) is 0 Å². The van der Waals surface area contributed by atoms with E-state index in [4.69, 9.17) is 0 Å². The molecule has 2 rings (SSSR count). The molecule has 0 saturated heterocycles. The van der Waals surface area contributed by atoms with Gasteiger partial charge in [-0.15, -0.1) is 0 Å². The van der Waals surface area contributed by atoms with Gasteiger partial charge in [-0.2, -0.15) is 13.2 Å². The predicted octanol–water partition coefficient (Wildman–Crippen LogP) is 4.40. The number of rotatable bonds is 5. The van der Waals surface area contributed by atoms with Crippen LogP contribution < -0.4 is 0 Å². The van der Waals surface area contributed by atoms with E-state index in [1.54, 1.807) is 0 Å². The molecular formula is C18H14F4O2. The van der Waals surface area contributed by atoms with Gasteiger partial charge in [0.2, 0.25) is 0 Å². The maximum atomic E-state index is 13.3. The summed E-state index contributed by atoms with van der Waals surface area (Å²) in [5.74, 6) is -1.27. The molecule has 1 N–H and O–H groups in total. The number of hydrogen-bond acceptors (Lipinski definition) is 2. The Balaban J connectivity index is 2.21. The van der Waals surface area contributed by atoms with Crippen LogP contribution in [0.25, 0.3) is 0 Å². The van der Waals surface area contributed by atoms with Crippen LogP contribution in [-0.4, -0.2) is 17.1 Å². The summed E-state index contributed by atoms with van der Waals surface area (Å²) in [5.41, 5.74) is -3.41. The highest BCUT2D eigenvalue weighted by atomic mass is 19.4. The van der Waals surface area contributed by atoms with E-state index in [-0.39, 0.29) is 11.1 Å². The number of allylic oxidation sites excluding steroid dienone is 1.